The van der Waals surface area contributed by atoms with Crippen molar-refractivity contribution in [1.29, 1.82) is 0 Å². The van der Waals surface area contributed by atoms with Crippen molar-refractivity contribution in [2.75, 3.05) is 26.5 Å². The first-order valence-corrected chi connectivity index (χ1v) is 7.36. The van der Waals surface area contributed by atoms with Gasteiger partial charge in [0.2, 0.25) is 5.91 Å². The van der Waals surface area contributed by atoms with Crippen LogP contribution in [-0.2, 0) is 19.1 Å². The van der Waals surface area contributed by atoms with Gasteiger partial charge in [-0.1, -0.05) is 11.8 Å². The maximum atomic E-state index is 12.0. The van der Waals surface area contributed by atoms with Crippen molar-refractivity contribution in [3.63, 3.8) is 0 Å². The van der Waals surface area contributed by atoms with Gasteiger partial charge in [0.25, 0.3) is 0 Å². The molecule has 9 heteroatoms. The predicted octanol–water partition coefficient (Wildman–Crippen LogP) is -1.82. The molecule has 0 radical (unpaired) electrons. The number of aliphatic hydroxyl groups excluding tert-OH is 3. The maximum Gasteiger partial charge on any atom is 0.233 e. The van der Waals surface area contributed by atoms with Crippen LogP contribution < -0.4 is 0 Å². The van der Waals surface area contributed by atoms with Gasteiger partial charge in [0.05, 0.1) is 12.4 Å². The largest absolute Gasteiger partial charge is 0.394 e. The molecule has 8 nitrogen and oxygen atoms in total. The Morgan fingerprint density at radius 3 is 2.43 bits per heavy atom. The Morgan fingerprint density at radius 1 is 1.33 bits per heavy atom. The molecule has 0 saturated carbocycles. The number of rotatable bonds is 5. The minimum Gasteiger partial charge on any atom is -0.394 e. The second-order valence-electron chi connectivity index (χ2n) is 4.72. The first-order chi connectivity index (χ1) is 9.83. The van der Waals surface area contributed by atoms with Crippen molar-refractivity contribution < 1.29 is 34.4 Å². The summed E-state index contributed by atoms with van der Waals surface area (Å²) in [5.41, 5.74) is 0. The molecule has 1 heterocycles. The normalized spacial score (nSPS) is 32.8. The second-order valence-corrected chi connectivity index (χ2v) is 5.87. The zero-order valence-electron chi connectivity index (χ0n) is 12.1. The highest BCUT2D eigenvalue weighted by Gasteiger charge is 2.47. The molecule has 0 unspecified atom stereocenters. The molecular weight excluding hydrogens is 302 g/mol. The summed E-state index contributed by atoms with van der Waals surface area (Å²) in [5, 5.41) is 28.9. The van der Waals surface area contributed by atoms with Crippen LogP contribution in [0.3, 0.4) is 0 Å². The Labute approximate surface area is 127 Å². The average molecular weight is 323 g/mol. The van der Waals surface area contributed by atoms with Crippen molar-refractivity contribution in [3.8, 4) is 0 Å². The lowest BCUT2D eigenvalue weighted by molar-refractivity contribution is -0.276. The summed E-state index contributed by atoms with van der Waals surface area (Å²) in [6.07, 6.45) is -4.66. The van der Waals surface area contributed by atoms with E-state index >= 15 is 0 Å². The van der Waals surface area contributed by atoms with Crippen LogP contribution in [-0.4, -0.2) is 88.4 Å². The molecular formula is C12H21NO7S. The van der Waals surface area contributed by atoms with Crippen LogP contribution in [0, 0.1) is 0 Å². The fourth-order valence-corrected chi connectivity index (χ4v) is 2.64. The number of likely N-dealkylation sites (N-methyl/N-ethyl adjacent to an activating group) is 1. The SMILES string of the molecule is CO[C@@H]1O[C@H](CO)[C@@H](O)[C@H](O)[C@H]1N(C)C(=O)CSC(C)=O. The van der Waals surface area contributed by atoms with Crippen molar-refractivity contribution in [2.45, 2.75) is 37.6 Å². The molecule has 122 valence electrons. The van der Waals surface area contributed by atoms with Crippen LogP contribution in [0.4, 0.5) is 0 Å². The van der Waals surface area contributed by atoms with E-state index in [1.807, 2.05) is 0 Å². The quantitative estimate of drug-likeness (QED) is 0.541. The lowest BCUT2D eigenvalue weighted by atomic mass is 9.96. The fourth-order valence-electron chi connectivity index (χ4n) is 2.11. The van der Waals surface area contributed by atoms with E-state index in [1.165, 1.54) is 26.0 Å². The molecule has 3 N–H and O–H groups in total. The van der Waals surface area contributed by atoms with Gasteiger partial charge in [-0.15, -0.1) is 0 Å². The molecule has 1 aliphatic heterocycles. The summed E-state index contributed by atoms with van der Waals surface area (Å²) in [6, 6.07) is -0.937. The van der Waals surface area contributed by atoms with Crippen LogP contribution >= 0.6 is 11.8 Å². The van der Waals surface area contributed by atoms with Gasteiger partial charge in [0.1, 0.15) is 24.4 Å². The first kappa shape index (κ1) is 18.3. The monoisotopic (exact) mass is 323 g/mol. The van der Waals surface area contributed by atoms with E-state index in [4.69, 9.17) is 14.6 Å². The minimum atomic E-state index is -1.35. The number of ether oxygens (including phenoxy) is 2. The van der Waals surface area contributed by atoms with Crippen molar-refractivity contribution in [1.82, 2.24) is 4.90 Å². The summed E-state index contributed by atoms with van der Waals surface area (Å²) >= 11 is 0.852. The number of aliphatic hydroxyl groups is 3. The highest BCUT2D eigenvalue weighted by atomic mass is 32.2. The Balaban J connectivity index is 2.81. The molecule has 0 aromatic carbocycles. The van der Waals surface area contributed by atoms with E-state index in [0.717, 1.165) is 11.8 Å². The lowest BCUT2D eigenvalue weighted by Crippen LogP contribution is -2.65. The molecule has 1 amide bonds. The summed E-state index contributed by atoms with van der Waals surface area (Å²) in [7, 11) is 2.76. The van der Waals surface area contributed by atoms with E-state index in [-0.39, 0.29) is 10.9 Å². The Morgan fingerprint density at radius 2 is 1.95 bits per heavy atom. The first-order valence-electron chi connectivity index (χ1n) is 6.37. The number of nitrogens with zero attached hydrogens (tertiary/aromatic N) is 1. The van der Waals surface area contributed by atoms with E-state index < -0.39 is 43.2 Å². The third-order valence-corrected chi connectivity index (χ3v) is 4.12. The molecule has 0 aromatic heterocycles. The van der Waals surface area contributed by atoms with Gasteiger partial charge in [-0.3, -0.25) is 9.59 Å². The molecule has 1 rings (SSSR count). The number of carbonyl (C=O) groups is 2. The lowest BCUT2D eigenvalue weighted by Gasteiger charge is -2.45. The smallest absolute Gasteiger partial charge is 0.233 e. The van der Waals surface area contributed by atoms with Crippen LogP contribution in [0.1, 0.15) is 6.92 Å². The molecule has 0 bridgehead atoms. The van der Waals surface area contributed by atoms with Gasteiger partial charge < -0.3 is 29.7 Å². The predicted molar refractivity (Wildman–Crippen MR) is 74.5 cm³/mol. The standard InChI is InChI=1S/C12H21NO7S/c1-6(15)21-5-8(16)13(2)9-11(18)10(17)7(4-14)20-12(9)19-3/h7,9-12,14,17-18H,4-5H2,1-3H3/t7-,9-,10-,11-,12-/m1/s1. The van der Waals surface area contributed by atoms with Gasteiger partial charge in [-0.25, -0.2) is 0 Å². The molecule has 0 aromatic rings. The zero-order chi connectivity index (χ0) is 16.2. The van der Waals surface area contributed by atoms with E-state index in [0.29, 0.717) is 0 Å². The number of amides is 1. The van der Waals surface area contributed by atoms with Crippen LogP contribution in [0.5, 0.6) is 0 Å². The summed E-state index contributed by atoms with van der Waals surface area (Å²) < 4.78 is 10.4. The van der Waals surface area contributed by atoms with Crippen LogP contribution in [0.15, 0.2) is 0 Å². The van der Waals surface area contributed by atoms with E-state index in [9.17, 15) is 19.8 Å². The van der Waals surface area contributed by atoms with Gasteiger partial charge in [-0.05, 0) is 0 Å². The molecule has 0 spiro atoms. The molecule has 5 atom stereocenters. The van der Waals surface area contributed by atoms with Crippen molar-refractivity contribution in [3.05, 3.63) is 0 Å². The van der Waals surface area contributed by atoms with Crippen LogP contribution in [0.25, 0.3) is 0 Å². The topological polar surface area (TPSA) is 117 Å². The highest BCUT2D eigenvalue weighted by molar-refractivity contribution is 8.14. The third kappa shape index (κ3) is 4.38. The van der Waals surface area contributed by atoms with Gasteiger partial charge in [0, 0.05) is 21.1 Å². The van der Waals surface area contributed by atoms with Crippen molar-refractivity contribution >= 4 is 22.8 Å². The minimum absolute atomic E-state index is 0.0784. The number of carbonyl (C=O) groups excluding carboxylic acids is 2. The van der Waals surface area contributed by atoms with Gasteiger partial charge in [-0.2, -0.15) is 0 Å². The molecule has 21 heavy (non-hydrogen) atoms. The van der Waals surface area contributed by atoms with E-state index in [1.54, 1.807) is 0 Å². The fraction of sp³-hybridized carbons (Fsp3) is 0.833. The summed E-state index contributed by atoms with van der Waals surface area (Å²) in [6.45, 7) is 0.868. The third-order valence-electron chi connectivity index (χ3n) is 3.32. The number of thioether (sulfide) groups is 1. The number of hydrogen-bond acceptors (Lipinski definition) is 8. The summed E-state index contributed by atoms with van der Waals surface area (Å²) in [4.78, 5) is 24.1. The van der Waals surface area contributed by atoms with E-state index in [2.05, 4.69) is 0 Å². The molecule has 1 aliphatic rings. The average Bonchev–Trinajstić information content (AvgIpc) is 2.46. The number of hydrogen-bond donors (Lipinski definition) is 3. The Hall–Kier alpha value is -0.710. The molecule has 1 saturated heterocycles. The number of methoxy groups -OCH3 is 1. The van der Waals surface area contributed by atoms with Gasteiger partial charge in [0.15, 0.2) is 11.4 Å². The van der Waals surface area contributed by atoms with Crippen LogP contribution in [0.2, 0.25) is 0 Å². The zero-order valence-corrected chi connectivity index (χ0v) is 12.9. The highest BCUT2D eigenvalue weighted by Crippen LogP contribution is 2.25. The Bertz CT molecular complexity index is 379. The Kier molecular flexibility index (Phi) is 7.04. The second kappa shape index (κ2) is 8.06. The molecule has 0 aliphatic carbocycles. The van der Waals surface area contributed by atoms with Crippen molar-refractivity contribution in [2.24, 2.45) is 0 Å². The van der Waals surface area contributed by atoms with Gasteiger partial charge >= 0.3 is 0 Å². The molecule has 1 fully saturated rings. The summed E-state index contributed by atoms with van der Waals surface area (Å²) in [5.74, 6) is -0.482. The maximum absolute atomic E-state index is 12.0.